The molecule has 0 spiro atoms. The molecular weight excluding hydrogens is 410 g/mol. The van der Waals surface area contributed by atoms with Crippen molar-refractivity contribution in [2.75, 3.05) is 7.05 Å². The molecule has 132 valence electrons. The molecule has 0 aromatic heterocycles. The van der Waals surface area contributed by atoms with Crippen LogP contribution in [0.25, 0.3) is 0 Å². The van der Waals surface area contributed by atoms with E-state index in [0.29, 0.717) is 5.56 Å². The first-order valence-electron chi connectivity index (χ1n) is 7.29. The van der Waals surface area contributed by atoms with E-state index in [0.717, 1.165) is 4.47 Å². The molecule has 0 unspecified atom stereocenters. The van der Waals surface area contributed by atoms with Crippen molar-refractivity contribution in [1.29, 1.82) is 0 Å². The Morgan fingerprint density at radius 2 is 1.72 bits per heavy atom. The number of hydrogen-bond acceptors (Lipinski definition) is 5. The van der Waals surface area contributed by atoms with Crippen LogP contribution in [0.2, 0.25) is 0 Å². The summed E-state index contributed by atoms with van der Waals surface area (Å²) >= 11 is 3.28. The number of esters is 1. The van der Waals surface area contributed by atoms with E-state index in [9.17, 15) is 18.0 Å². The van der Waals surface area contributed by atoms with E-state index in [2.05, 4.69) is 20.7 Å². The Balaban J connectivity index is 2.15. The molecule has 0 saturated heterocycles. The molecule has 1 atom stereocenters. The van der Waals surface area contributed by atoms with Crippen LogP contribution in [-0.4, -0.2) is 33.3 Å². The van der Waals surface area contributed by atoms with Crippen molar-refractivity contribution in [2.45, 2.75) is 17.9 Å². The SMILES string of the molecule is CNS(=O)(=O)c1cccc(C(=O)O[C@H](C)C(=O)c2ccc(Br)cc2)c1. The zero-order valence-corrected chi connectivity index (χ0v) is 15.9. The summed E-state index contributed by atoms with van der Waals surface area (Å²) in [5.74, 6) is -1.12. The Morgan fingerprint density at radius 1 is 1.08 bits per heavy atom. The highest BCUT2D eigenvalue weighted by Crippen LogP contribution is 2.16. The number of ether oxygens (including phenoxy) is 1. The van der Waals surface area contributed by atoms with Crippen molar-refractivity contribution < 1.29 is 22.7 Å². The van der Waals surface area contributed by atoms with Crippen LogP contribution in [0.3, 0.4) is 0 Å². The first-order chi connectivity index (χ1) is 11.7. The number of Topliss-reactive ketones (excluding diaryl/α,β-unsaturated/α-hetero) is 1. The summed E-state index contributed by atoms with van der Waals surface area (Å²) in [7, 11) is -2.40. The molecule has 0 radical (unpaired) electrons. The third-order valence-electron chi connectivity index (χ3n) is 3.43. The monoisotopic (exact) mass is 425 g/mol. The van der Waals surface area contributed by atoms with Crippen LogP contribution in [0.4, 0.5) is 0 Å². The Kier molecular flexibility index (Phi) is 6.10. The van der Waals surface area contributed by atoms with Gasteiger partial charge in [-0.2, -0.15) is 0 Å². The predicted molar refractivity (Wildman–Crippen MR) is 96.0 cm³/mol. The summed E-state index contributed by atoms with van der Waals surface area (Å²) in [5, 5.41) is 0. The standard InChI is InChI=1S/C17H16BrNO5S/c1-11(16(20)12-6-8-14(18)9-7-12)24-17(21)13-4-3-5-15(10-13)25(22,23)19-2/h3-11,19H,1-2H3/t11-/m1/s1. The first-order valence-corrected chi connectivity index (χ1v) is 9.56. The highest BCUT2D eigenvalue weighted by atomic mass is 79.9. The number of benzene rings is 2. The summed E-state index contributed by atoms with van der Waals surface area (Å²) in [5.41, 5.74) is 0.460. The Labute approximate surface area is 154 Å². The number of nitrogens with one attached hydrogen (secondary N) is 1. The van der Waals surface area contributed by atoms with E-state index in [1.165, 1.54) is 38.2 Å². The molecule has 8 heteroatoms. The van der Waals surface area contributed by atoms with Crippen LogP contribution in [-0.2, 0) is 14.8 Å². The first kappa shape index (κ1) is 19.3. The predicted octanol–water partition coefficient (Wildman–Crippen LogP) is 2.79. The summed E-state index contributed by atoms with van der Waals surface area (Å²) < 4.78 is 31.8. The van der Waals surface area contributed by atoms with Gasteiger partial charge in [0.05, 0.1) is 10.5 Å². The van der Waals surface area contributed by atoms with Gasteiger partial charge in [-0.05, 0) is 44.3 Å². The van der Waals surface area contributed by atoms with Crippen molar-refractivity contribution in [3.05, 3.63) is 64.1 Å². The minimum atomic E-state index is -3.68. The molecule has 2 aromatic rings. The van der Waals surface area contributed by atoms with Gasteiger partial charge in [-0.25, -0.2) is 17.9 Å². The zero-order valence-electron chi connectivity index (χ0n) is 13.5. The van der Waals surface area contributed by atoms with Gasteiger partial charge < -0.3 is 4.74 Å². The summed E-state index contributed by atoms with van der Waals surface area (Å²) in [6, 6.07) is 12.1. The van der Waals surface area contributed by atoms with E-state index < -0.39 is 22.1 Å². The van der Waals surface area contributed by atoms with Gasteiger partial charge >= 0.3 is 5.97 Å². The second kappa shape index (κ2) is 7.90. The smallest absolute Gasteiger partial charge is 0.338 e. The maximum Gasteiger partial charge on any atom is 0.338 e. The van der Waals surface area contributed by atoms with Crippen molar-refractivity contribution in [2.24, 2.45) is 0 Å². The molecule has 2 aromatic carbocycles. The average molecular weight is 426 g/mol. The number of halogens is 1. The van der Waals surface area contributed by atoms with E-state index in [-0.39, 0.29) is 16.2 Å². The number of carbonyl (C=O) groups is 2. The van der Waals surface area contributed by atoms with Crippen LogP contribution >= 0.6 is 15.9 Å². The summed E-state index contributed by atoms with van der Waals surface area (Å²) in [6.07, 6.45) is -1.00. The lowest BCUT2D eigenvalue weighted by atomic mass is 10.1. The number of hydrogen-bond donors (Lipinski definition) is 1. The molecular formula is C17H16BrNO5S. The number of ketones is 1. The topological polar surface area (TPSA) is 89.5 Å². The second-order valence-electron chi connectivity index (χ2n) is 5.15. The maximum atomic E-state index is 12.3. The quantitative estimate of drug-likeness (QED) is 0.567. The van der Waals surface area contributed by atoms with Crippen LogP contribution in [0, 0.1) is 0 Å². The van der Waals surface area contributed by atoms with Crippen LogP contribution in [0.1, 0.15) is 27.6 Å². The lowest BCUT2D eigenvalue weighted by Crippen LogP contribution is -2.25. The highest BCUT2D eigenvalue weighted by Gasteiger charge is 2.21. The third kappa shape index (κ3) is 4.75. The molecule has 0 bridgehead atoms. The van der Waals surface area contributed by atoms with Gasteiger partial charge in [-0.3, -0.25) is 4.79 Å². The lowest BCUT2D eigenvalue weighted by Gasteiger charge is -2.13. The van der Waals surface area contributed by atoms with Crippen molar-refractivity contribution in [3.63, 3.8) is 0 Å². The van der Waals surface area contributed by atoms with Gasteiger partial charge in [0.1, 0.15) is 0 Å². The lowest BCUT2D eigenvalue weighted by molar-refractivity contribution is 0.0318. The van der Waals surface area contributed by atoms with Gasteiger partial charge in [0.15, 0.2) is 6.10 Å². The Hall–Kier alpha value is -2.03. The molecule has 0 aliphatic rings. The van der Waals surface area contributed by atoms with Gasteiger partial charge in [-0.15, -0.1) is 0 Å². The second-order valence-corrected chi connectivity index (χ2v) is 7.96. The van der Waals surface area contributed by atoms with E-state index in [1.54, 1.807) is 24.3 Å². The van der Waals surface area contributed by atoms with Gasteiger partial charge in [0, 0.05) is 10.0 Å². The molecule has 0 aliphatic carbocycles. The van der Waals surface area contributed by atoms with Crippen molar-refractivity contribution >= 4 is 37.7 Å². The summed E-state index contributed by atoms with van der Waals surface area (Å²) in [6.45, 7) is 1.47. The van der Waals surface area contributed by atoms with E-state index >= 15 is 0 Å². The molecule has 2 rings (SSSR count). The zero-order chi connectivity index (χ0) is 18.6. The summed E-state index contributed by atoms with van der Waals surface area (Å²) in [4.78, 5) is 24.5. The van der Waals surface area contributed by atoms with Crippen molar-refractivity contribution in [3.8, 4) is 0 Å². The van der Waals surface area contributed by atoms with Crippen LogP contribution in [0.5, 0.6) is 0 Å². The molecule has 1 N–H and O–H groups in total. The average Bonchev–Trinajstić information content (AvgIpc) is 2.61. The minimum absolute atomic E-state index is 0.0479. The fourth-order valence-electron chi connectivity index (χ4n) is 2.04. The fourth-order valence-corrected chi connectivity index (χ4v) is 3.08. The molecule has 0 fully saturated rings. The largest absolute Gasteiger partial charge is 0.451 e. The van der Waals surface area contributed by atoms with E-state index in [1.807, 2.05) is 0 Å². The van der Waals surface area contributed by atoms with Gasteiger partial charge in [0.25, 0.3) is 0 Å². The molecule has 0 aliphatic heterocycles. The van der Waals surface area contributed by atoms with Crippen LogP contribution < -0.4 is 4.72 Å². The normalized spacial score (nSPS) is 12.4. The van der Waals surface area contributed by atoms with Gasteiger partial charge in [0.2, 0.25) is 15.8 Å². The van der Waals surface area contributed by atoms with E-state index in [4.69, 9.17) is 4.74 Å². The number of rotatable bonds is 6. The number of sulfonamides is 1. The fraction of sp³-hybridized carbons (Fsp3) is 0.176. The molecule has 25 heavy (non-hydrogen) atoms. The minimum Gasteiger partial charge on any atom is -0.451 e. The number of carbonyl (C=O) groups excluding carboxylic acids is 2. The molecule has 0 saturated carbocycles. The maximum absolute atomic E-state index is 12.3. The third-order valence-corrected chi connectivity index (χ3v) is 5.37. The highest BCUT2D eigenvalue weighted by molar-refractivity contribution is 9.10. The Morgan fingerprint density at radius 3 is 2.32 bits per heavy atom. The van der Waals surface area contributed by atoms with Crippen LogP contribution in [0.15, 0.2) is 57.9 Å². The van der Waals surface area contributed by atoms with Gasteiger partial charge in [-0.1, -0.05) is 34.1 Å². The molecule has 0 heterocycles. The molecule has 0 amide bonds. The Bertz CT molecular complexity index is 894. The van der Waals surface area contributed by atoms with Crippen molar-refractivity contribution in [1.82, 2.24) is 4.72 Å². The molecule has 6 nitrogen and oxygen atoms in total.